The molecule has 0 saturated carbocycles. The number of carbonyl (C=O) groups excluding carboxylic acids is 2. The number of amides is 2. The highest BCUT2D eigenvalue weighted by molar-refractivity contribution is 14.1. The lowest BCUT2D eigenvalue weighted by Gasteiger charge is -2.25. The fourth-order valence-electron chi connectivity index (χ4n) is 2.37. The Labute approximate surface area is 175 Å². The number of hydroxylamine groups is 1. The summed E-state index contributed by atoms with van der Waals surface area (Å²) < 4.78 is 11.7. The van der Waals surface area contributed by atoms with E-state index in [1.807, 2.05) is 0 Å². The van der Waals surface area contributed by atoms with Gasteiger partial charge in [-0.1, -0.05) is 18.2 Å². The second-order valence-electron chi connectivity index (χ2n) is 5.56. The molecule has 2 aromatic carbocycles. The van der Waals surface area contributed by atoms with Crippen molar-refractivity contribution in [1.82, 2.24) is 5.48 Å². The summed E-state index contributed by atoms with van der Waals surface area (Å²) >= 11 is 2.06. The monoisotopic (exact) mass is 498 g/mol. The average molecular weight is 498 g/mol. The first kappa shape index (κ1) is 21.7. The minimum Gasteiger partial charge on any atom is -0.508 e. The van der Waals surface area contributed by atoms with E-state index in [2.05, 4.69) is 27.9 Å². The fraction of sp³-hybridized carbons (Fsp3) is 0.158. The molecule has 0 saturated heterocycles. The number of carbonyl (C=O) groups is 2. The smallest absolute Gasteiger partial charge is 0.412 e. The highest BCUT2D eigenvalue weighted by Crippen LogP contribution is 2.33. The molecule has 0 aromatic heterocycles. The van der Waals surface area contributed by atoms with Crippen molar-refractivity contribution < 1.29 is 29.4 Å². The molecule has 0 aliphatic heterocycles. The van der Waals surface area contributed by atoms with E-state index in [-0.39, 0.29) is 5.75 Å². The lowest BCUT2D eigenvalue weighted by atomic mass is 10.0. The molecule has 4 N–H and O–H groups in total. The second kappa shape index (κ2) is 10.6. The maximum atomic E-state index is 12.4. The Balaban J connectivity index is 2.31. The number of aromatic hydroxyl groups is 1. The number of para-hydroxylation sites is 1. The van der Waals surface area contributed by atoms with Crippen molar-refractivity contribution in [2.24, 2.45) is 0 Å². The van der Waals surface area contributed by atoms with Gasteiger partial charge < -0.3 is 14.6 Å². The Morgan fingerprint density at radius 3 is 2.54 bits per heavy atom. The number of halogens is 1. The third kappa shape index (κ3) is 6.22. The van der Waals surface area contributed by atoms with Gasteiger partial charge in [-0.15, -0.1) is 0 Å². The predicted octanol–water partition coefficient (Wildman–Crippen LogP) is 3.36. The van der Waals surface area contributed by atoms with Gasteiger partial charge in [-0.3, -0.25) is 15.3 Å². The molecule has 28 heavy (non-hydrogen) atoms. The zero-order valence-corrected chi connectivity index (χ0v) is 17.0. The number of hydrogen-bond donors (Lipinski definition) is 4. The highest BCUT2D eigenvalue weighted by atomic mass is 127. The molecule has 2 aromatic rings. The van der Waals surface area contributed by atoms with Gasteiger partial charge in [-0.05, 0) is 59.0 Å². The largest absolute Gasteiger partial charge is 0.508 e. The summed E-state index contributed by atoms with van der Waals surface area (Å²) in [5.41, 5.74) is 2.30. The highest BCUT2D eigenvalue weighted by Gasteiger charge is 2.28. The molecule has 0 aliphatic carbocycles. The van der Waals surface area contributed by atoms with Crippen LogP contribution in [0.4, 0.5) is 10.5 Å². The molecule has 0 bridgehead atoms. The SMILES string of the molecule is CO[C@H](/C=C/C(=O)NO)[C@H](OC(=O)Nc1ccccc1)c1cc(I)ccc1O. The van der Waals surface area contributed by atoms with Crippen LogP contribution in [0.3, 0.4) is 0 Å². The Bertz CT molecular complexity index is 844. The molecule has 0 radical (unpaired) electrons. The first-order valence-corrected chi connectivity index (χ1v) is 9.18. The van der Waals surface area contributed by atoms with Crippen molar-refractivity contribution >= 4 is 40.3 Å². The number of nitrogens with one attached hydrogen (secondary N) is 2. The van der Waals surface area contributed by atoms with Gasteiger partial charge in [0, 0.05) is 28.0 Å². The number of hydrogen-bond acceptors (Lipinski definition) is 6. The van der Waals surface area contributed by atoms with E-state index in [1.165, 1.54) is 24.7 Å². The Hall–Kier alpha value is -2.63. The van der Waals surface area contributed by atoms with E-state index in [0.717, 1.165) is 9.65 Å². The van der Waals surface area contributed by atoms with Gasteiger partial charge in [0.15, 0.2) is 6.10 Å². The van der Waals surface area contributed by atoms with E-state index < -0.39 is 24.2 Å². The number of methoxy groups -OCH3 is 1. The number of phenols is 1. The minimum absolute atomic E-state index is 0.0972. The molecule has 0 heterocycles. The quantitative estimate of drug-likeness (QED) is 0.201. The molecule has 9 heteroatoms. The Kier molecular flexibility index (Phi) is 8.23. The molecule has 0 aliphatic rings. The minimum atomic E-state index is -1.06. The van der Waals surface area contributed by atoms with Crippen molar-refractivity contribution in [3.05, 3.63) is 69.8 Å². The van der Waals surface area contributed by atoms with Crippen molar-refractivity contribution in [3.63, 3.8) is 0 Å². The zero-order chi connectivity index (χ0) is 20.5. The van der Waals surface area contributed by atoms with Crippen LogP contribution in [0.1, 0.15) is 11.7 Å². The van der Waals surface area contributed by atoms with Gasteiger partial charge in [0.2, 0.25) is 0 Å². The van der Waals surface area contributed by atoms with Gasteiger partial charge in [-0.25, -0.2) is 10.3 Å². The maximum absolute atomic E-state index is 12.4. The Morgan fingerprint density at radius 1 is 1.18 bits per heavy atom. The number of rotatable bonds is 7. The van der Waals surface area contributed by atoms with E-state index in [4.69, 9.17) is 14.7 Å². The van der Waals surface area contributed by atoms with Crippen LogP contribution in [-0.2, 0) is 14.3 Å². The summed E-state index contributed by atoms with van der Waals surface area (Å²) in [5.74, 6) is -0.874. The Morgan fingerprint density at radius 2 is 1.89 bits per heavy atom. The first-order chi connectivity index (χ1) is 13.4. The molecular weight excluding hydrogens is 479 g/mol. The van der Waals surface area contributed by atoms with Gasteiger partial charge >= 0.3 is 6.09 Å². The van der Waals surface area contributed by atoms with Crippen LogP contribution in [-0.4, -0.2) is 35.5 Å². The van der Waals surface area contributed by atoms with Crippen LogP contribution in [0.5, 0.6) is 5.75 Å². The van der Waals surface area contributed by atoms with E-state index in [1.54, 1.807) is 42.5 Å². The summed E-state index contributed by atoms with van der Waals surface area (Å²) in [7, 11) is 1.36. The van der Waals surface area contributed by atoms with Crippen LogP contribution in [0.2, 0.25) is 0 Å². The molecule has 2 atom stereocenters. The van der Waals surface area contributed by atoms with Crippen LogP contribution >= 0.6 is 22.6 Å². The summed E-state index contributed by atoms with van der Waals surface area (Å²) in [6, 6.07) is 13.5. The summed E-state index contributed by atoms with van der Waals surface area (Å²) in [6.07, 6.45) is -0.402. The van der Waals surface area contributed by atoms with Crippen molar-refractivity contribution in [2.45, 2.75) is 12.2 Å². The lowest BCUT2D eigenvalue weighted by Crippen LogP contribution is -2.27. The summed E-state index contributed by atoms with van der Waals surface area (Å²) in [6.45, 7) is 0. The van der Waals surface area contributed by atoms with Gasteiger partial charge in [0.25, 0.3) is 5.91 Å². The summed E-state index contributed by atoms with van der Waals surface area (Å²) in [4.78, 5) is 23.7. The molecule has 2 rings (SSSR count). The number of phenolic OH excluding ortho intramolecular Hbond substituents is 1. The van der Waals surface area contributed by atoms with Crippen LogP contribution in [0.25, 0.3) is 0 Å². The zero-order valence-electron chi connectivity index (χ0n) is 14.8. The van der Waals surface area contributed by atoms with E-state index in [9.17, 15) is 14.7 Å². The third-order valence-corrected chi connectivity index (χ3v) is 4.34. The molecule has 0 spiro atoms. The molecule has 148 valence electrons. The molecule has 2 amide bonds. The average Bonchev–Trinajstić information content (AvgIpc) is 2.69. The molecule has 0 unspecified atom stereocenters. The van der Waals surface area contributed by atoms with Crippen molar-refractivity contribution in [3.8, 4) is 5.75 Å². The fourth-order valence-corrected chi connectivity index (χ4v) is 2.88. The van der Waals surface area contributed by atoms with Gasteiger partial charge in [-0.2, -0.15) is 0 Å². The maximum Gasteiger partial charge on any atom is 0.412 e. The molecule has 8 nitrogen and oxygen atoms in total. The predicted molar refractivity (Wildman–Crippen MR) is 110 cm³/mol. The van der Waals surface area contributed by atoms with E-state index >= 15 is 0 Å². The third-order valence-electron chi connectivity index (χ3n) is 3.67. The topological polar surface area (TPSA) is 117 Å². The number of benzene rings is 2. The number of anilines is 1. The standard InChI is InChI=1S/C19H19IN2O6/c1-27-16(9-10-17(24)22-26)18(14-11-12(20)7-8-15(14)23)28-19(25)21-13-5-3-2-4-6-13/h2-11,16,18,23,26H,1H3,(H,21,25)(H,22,24)/b10-9+/t16-,18-/m1/s1. The number of ether oxygens (including phenoxy) is 2. The van der Waals surface area contributed by atoms with Crippen LogP contribution < -0.4 is 10.8 Å². The second-order valence-corrected chi connectivity index (χ2v) is 6.80. The summed E-state index contributed by atoms with van der Waals surface area (Å²) in [5, 5.41) is 21.5. The van der Waals surface area contributed by atoms with Crippen molar-refractivity contribution in [2.75, 3.05) is 12.4 Å². The van der Waals surface area contributed by atoms with Gasteiger partial charge in [0.1, 0.15) is 11.9 Å². The molecule has 0 fully saturated rings. The van der Waals surface area contributed by atoms with Gasteiger partial charge in [0.05, 0.1) is 0 Å². The molecular formula is C19H19IN2O6. The van der Waals surface area contributed by atoms with Crippen LogP contribution in [0.15, 0.2) is 60.7 Å². The first-order valence-electron chi connectivity index (χ1n) is 8.10. The lowest BCUT2D eigenvalue weighted by molar-refractivity contribution is -0.124. The van der Waals surface area contributed by atoms with Crippen LogP contribution in [0, 0.1) is 3.57 Å². The normalized spacial score (nSPS) is 13.0. The van der Waals surface area contributed by atoms with E-state index in [0.29, 0.717) is 11.3 Å². The van der Waals surface area contributed by atoms with Crippen molar-refractivity contribution in [1.29, 1.82) is 0 Å².